The lowest BCUT2D eigenvalue weighted by atomic mass is 10.1. The Bertz CT molecular complexity index is 957. The van der Waals surface area contributed by atoms with E-state index in [4.69, 9.17) is 9.15 Å². The Kier molecular flexibility index (Phi) is 4.73. The summed E-state index contributed by atoms with van der Waals surface area (Å²) in [6.45, 7) is 4.95. The average molecular weight is 350 g/mol. The average Bonchev–Trinajstić information content (AvgIpc) is 2.69. The van der Waals surface area contributed by atoms with Gasteiger partial charge >= 0.3 is 0 Å². The van der Waals surface area contributed by atoms with Crippen molar-refractivity contribution in [3.8, 4) is 17.1 Å². The minimum atomic E-state index is -0.0146. The summed E-state index contributed by atoms with van der Waals surface area (Å²) in [6.07, 6.45) is 0. The maximum absolute atomic E-state index is 12.6. The van der Waals surface area contributed by atoms with Crippen molar-refractivity contribution >= 4 is 11.0 Å². The maximum Gasteiger partial charge on any atom is 0.193 e. The molecule has 2 heterocycles. The van der Waals surface area contributed by atoms with Gasteiger partial charge in [0.15, 0.2) is 5.43 Å². The zero-order valence-electron chi connectivity index (χ0n) is 14.8. The first-order chi connectivity index (χ1) is 12.7. The molecular weight excluding hydrogens is 328 g/mol. The minimum Gasteiger partial charge on any atom is -0.497 e. The van der Waals surface area contributed by atoms with Gasteiger partial charge in [0.05, 0.1) is 12.5 Å². The van der Waals surface area contributed by atoms with Crippen LogP contribution < -0.4 is 15.5 Å². The molecule has 5 heteroatoms. The molecule has 1 aliphatic heterocycles. The van der Waals surface area contributed by atoms with Gasteiger partial charge in [-0.3, -0.25) is 9.69 Å². The van der Waals surface area contributed by atoms with E-state index >= 15 is 0 Å². The summed E-state index contributed by atoms with van der Waals surface area (Å²) < 4.78 is 11.2. The molecule has 5 nitrogen and oxygen atoms in total. The number of benzene rings is 2. The van der Waals surface area contributed by atoms with Gasteiger partial charge in [-0.1, -0.05) is 6.07 Å². The molecule has 1 N–H and O–H groups in total. The third-order valence-electron chi connectivity index (χ3n) is 4.78. The molecule has 1 saturated heterocycles. The van der Waals surface area contributed by atoms with E-state index in [0.717, 1.165) is 49.6 Å². The van der Waals surface area contributed by atoms with Crippen LogP contribution in [0.2, 0.25) is 0 Å². The minimum absolute atomic E-state index is 0.0146. The van der Waals surface area contributed by atoms with Crippen molar-refractivity contribution in [2.75, 3.05) is 33.3 Å². The zero-order valence-corrected chi connectivity index (χ0v) is 14.8. The van der Waals surface area contributed by atoms with Gasteiger partial charge in [-0.05, 0) is 42.0 Å². The van der Waals surface area contributed by atoms with Crippen LogP contribution in [0.3, 0.4) is 0 Å². The van der Waals surface area contributed by atoms with E-state index in [1.165, 1.54) is 0 Å². The van der Waals surface area contributed by atoms with Crippen LogP contribution in [0.1, 0.15) is 5.56 Å². The predicted molar refractivity (Wildman–Crippen MR) is 103 cm³/mol. The maximum atomic E-state index is 12.6. The highest BCUT2D eigenvalue weighted by Crippen LogP contribution is 2.25. The summed E-state index contributed by atoms with van der Waals surface area (Å²) >= 11 is 0. The highest BCUT2D eigenvalue weighted by molar-refractivity contribution is 5.79. The fraction of sp³-hybridized carbons (Fsp3) is 0.286. The molecule has 0 bridgehead atoms. The monoisotopic (exact) mass is 350 g/mol. The predicted octanol–water partition coefficient (Wildman–Crippen LogP) is 2.87. The second kappa shape index (κ2) is 7.32. The smallest absolute Gasteiger partial charge is 0.193 e. The Balaban J connectivity index is 1.64. The van der Waals surface area contributed by atoms with Gasteiger partial charge in [0.2, 0.25) is 0 Å². The first-order valence-electron chi connectivity index (χ1n) is 8.87. The molecule has 0 unspecified atom stereocenters. The molecule has 3 aromatic rings. The molecule has 1 aliphatic rings. The first-order valence-corrected chi connectivity index (χ1v) is 8.87. The number of nitrogens with one attached hydrogen (secondary N) is 1. The Morgan fingerprint density at radius 1 is 1.08 bits per heavy atom. The second-order valence-electron chi connectivity index (χ2n) is 6.56. The number of methoxy groups -OCH3 is 1. The highest BCUT2D eigenvalue weighted by atomic mass is 16.5. The lowest BCUT2D eigenvalue weighted by molar-refractivity contribution is 0.233. The molecule has 0 saturated carbocycles. The molecule has 0 spiro atoms. The van der Waals surface area contributed by atoms with E-state index in [0.29, 0.717) is 16.7 Å². The van der Waals surface area contributed by atoms with E-state index in [9.17, 15) is 4.79 Å². The molecular formula is C21H22N2O3. The Labute approximate surface area is 152 Å². The standard InChI is InChI=1S/C21H22N2O3/c1-25-17-5-3-16(4-6-17)21-13-19(24)18-12-15(2-7-20(18)26-21)14-23-10-8-22-9-11-23/h2-7,12-13,22H,8-11,14H2,1H3. The fourth-order valence-electron chi connectivity index (χ4n) is 3.33. The fourth-order valence-corrected chi connectivity index (χ4v) is 3.33. The van der Waals surface area contributed by atoms with Crippen molar-refractivity contribution in [1.82, 2.24) is 10.2 Å². The largest absolute Gasteiger partial charge is 0.497 e. The van der Waals surface area contributed by atoms with E-state index in [1.807, 2.05) is 42.5 Å². The molecule has 134 valence electrons. The summed E-state index contributed by atoms with van der Waals surface area (Å²) in [5.41, 5.74) is 2.60. The van der Waals surface area contributed by atoms with E-state index in [-0.39, 0.29) is 5.43 Å². The number of piperazine rings is 1. The lowest BCUT2D eigenvalue weighted by Gasteiger charge is -2.27. The van der Waals surface area contributed by atoms with Gasteiger partial charge < -0.3 is 14.5 Å². The topological polar surface area (TPSA) is 54.7 Å². The lowest BCUT2D eigenvalue weighted by Crippen LogP contribution is -2.42. The highest BCUT2D eigenvalue weighted by Gasteiger charge is 2.12. The molecule has 0 atom stereocenters. The molecule has 0 amide bonds. The van der Waals surface area contributed by atoms with Gasteiger partial charge in [-0.15, -0.1) is 0 Å². The molecule has 2 aromatic carbocycles. The number of fused-ring (bicyclic) bond motifs is 1. The van der Waals surface area contributed by atoms with E-state index in [2.05, 4.69) is 10.2 Å². The third-order valence-corrected chi connectivity index (χ3v) is 4.78. The summed E-state index contributed by atoms with van der Waals surface area (Å²) in [6, 6.07) is 15.0. The molecule has 4 rings (SSSR count). The molecule has 0 aliphatic carbocycles. The molecule has 26 heavy (non-hydrogen) atoms. The van der Waals surface area contributed by atoms with Gasteiger partial charge in [-0.2, -0.15) is 0 Å². The summed E-state index contributed by atoms with van der Waals surface area (Å²) in [7, 11) is 1.63. The van der Waals surface area contributed by atoms with Gasteiger partial charge in [0.1, 0.15) is 17.1 Å². The van der Waals surface area contributed by atoms with Gasteiger partial charge in [0.25, 0.3) is 0 Å². The van der Waals surface area contributed by atoms with Crippen LogP contribution in [0.4, 0.5) is 0 Å². The molecule has 1 aromatic heterocycles. The van der Waals surface area contributed by atoms with Crippen molar-refractivity contribution in [2.24, 2.45) is 0 Å². The van der Waals surface area contributed by atoms with Crippen LogP contribution in [0.25, 0.3) is 22.3 Å². The van der Waals surface area contributed by atoms with Gasteiger partial charge in [0, 0.05) is 44.4 Å². The van der Waals surface area contributed by atoms with Crippen molar-refractivity contribution in [2.45, 2.75) is 6.54 Å². The van der Waals surface area contributed by atoms with Crippen molar-refractivity contribution in [1.29, 1.82) is 0 Å². The number of hydrogen-bond donors (Lipinski definition) is 1. The first kappa shape index (κ1) is 16.8. The quantitative estimate of drug-likeness (QED) is 0.784. The van der Waals surface area contributed by atoms with Crippen molar-refractivity contribution in [3.05, 3.63) is 64.3 Å². The SMILES string of the molecule is COc1ccc(-c2cc(=O)c3cc(CN4CCNCC4)ccc3o2)cc1. The Hall–Kier alpha value is -2.63. The van der Waals surface area contributed by atoms with Crippen LogP contribution in [0.5, 0.6) is 5.75 Å². The number of ether oxygens (including phenoxy) is 1. The molecule has 0 radical (unpaired) electrons. The number of nitrogens with zero attached hydrogens (tertiary/aromatic N) is 1. The van der Waals surface area contributed by atoms with E-state index < -0.39 is 0 Å². The Morgan fingerprint density at radius 2 is 1.85 bits per heavy atom. The molecule has 1 fully saturated rings. The third kappa shape index (κ3) is 3.49. The number of hydrogen-bond acceptors (Lipinski definition) is 5. The summed E-state index contributed by atoms with van der Waals surface area (Å²) in [4.78, 5) is 15.0. The van der Waals surface area contributed by atoms with Crippen LogP contribution in [-0.2, 0) is 6.54 Å². The van der Waals surface area contributed by atoms with Crippen LogP contribution in [0.15, 0.2) is 57.7 Å². The summed E-state index contributed by atoms with van der Waals surface area (Å²) in [5.74, 6) is 1.34. The zero-order chi connectivity index (χ0) is 17.9. The normalized spacial score (nSPS) is 15.3. The van der Waals surface area contributed by atoms with Crippen LogP contribution in [-0.4, -0.2) is 38.2 Å². The van der Waals surface area contributed by atoms with Gasteiger partial charge in [-0.25, -0.2) is 0 Å². The number of rotatable bonds is 4. The second-order valence-corrected chi connectivity index (χ2v) is 6.56. The van der Waals surface area contributed by atoms with Crippen LogP contribution in [0, 0.1) is 0 Å². The van der Waals surface area contributed by atoms with Crippen LogP contribution >= 0.6 is 0 Å². The Morgan fingerprint density at radius 3 is 2.58 bits per heavy atom. The van der Waals surface area contributed by atoms with E-state index in [1.54, 1.807) is 13.2 Å². The van der Waals surface area contributed by atoms with Crippen molar-refractivity contribution in [3.63, 3.8) is 0 Å². The summed E-state index contributed by atoms with van der Waals surface area (Å²) in [5, 5.41) is 3.99. The van der Waals surface area contributed by atoms with Crippen molar-refractivity contribution < 1.29 is 9.15 Å².